The Morgan fingerprint density at radius 1 is 0.595 bits per heavy atom. The molecule has 4 heteroatoms. The van der Waals surface area contributed by atoms with Crippen LogP contribution in [-0.4, -0.2) is 27.9 Å². The highest BCUT2D eigenvalue weighted by Crippen LogP contribution is 2.46. The van der Waals surface area contributed by atoms with Crippen molar-refractivity contribution in [3.8, 4) is 28.7 Å². The molecule has 0 N–H and O–H groups in total. The molecule has 0 heterocycles. The molecule has 3 nitrogen and oxygen atoms in total. The van der Waals surface area contributed by atoms with Crippen molar-refractivity contribution in [2.24, 2.45) is 0 Å². The van der Waals surface area contributed by atoms with E-state index in [2.05, 4.69) is 88.3 Å². The summed E-state index contributed by atoms with van der Waals surface area (Å²) < 4.78 is 19.1. The summed E-state index contributed by atoms with van der Waals surface area (Å²) in [4.78, 5) is 0. The summed E-state index contributed by atoms with van der Waals surface area (Å²) in [6.45, 7) is 15.5. The molecule has 0 atom stereocenters. The second kappa shape index (κ2) is 12.1. The van der Waals surface area contributed by atoms with Crippen LogP contribution in [0.3, 0.4) is 0 Å². The lowest BCUT2D eigenvalue weighted by atomic mass is 9.90. The number of ether oxygens (including phenoxy) is 3. The minimum absolute atomic E-state index is 0.702. The summed E-state index contributed by atoms with van der Waals surface area (Å²) in [6.07, 6.45) is 6.39. The summed E-state index contributed by atoms with van der Waals surface area (Å²) in [7, 11) is -1.55. The van der Waals surface area contributed by atoms with Crippen molar-refractivity contribution in [2.75, 3.05) is 19.8 Å². The van der Waals surface area contributed by atoms with Gasteiger partial charge in [0, 0.05) is 38.6 Å². The average molecular weight is 515 g/mol. The van der Waals surface area contributed by atoms with Crippen molar-refractivity contribution < 1.29 is 14.2 Å². The third kappa shape index (κ3) is 6.16. The molecule has 4 aromatic carbocycles. The summed E-state index contributed by atoms with van der Waals surface area (Å²) in [5.74, 6) is 6.26. The molecule has 4 aromatic rings. The Bertz CT molecular complexity index is 1370. The second-order valence-corrected chi connectivity index (χ2v) is 15.7. The fourth-order valence-corrected chi connectivity index (χ4v) is 5.10. The Hall–Kier alpha value is -2.90. The van der Waals surface area contributed by atoms with Gasteiger partial charge in [0.1, 0.15) is 25.3 Å². The molecule has 0 unspecified atom stereocenters. The molecule has 0 fully saturated rings. The van der Waals surface area contributed by atoms with Crippen molar-refractivity contribution in [3.63, 3.8) is 0 Å². The zero-order valence-corrected chi connectivity index (χ0v) is 24.6. The van der Waals surface area contributed by atoms with Crippen LogP contribution in [0.25, 0.3) is 32.3 Å². The highest BCUT2D eigenvalue weighted by atomic mass is 28.3. The van der Waals surface area contributed by atoms with E-state index in [0.29, 0.717) is 19.8 Å². The maximum atomic E-state index is 6.38. The average Bonchev–Trinajstić information content (AvgIpc) is 2.87. The third-order valence-corrected chi connectivity index (χ3v) is 7.50. The lowest BCUT2D eigenvalue weighted by Crippen LogP contribution is -2.16. The molecule has 0 aliphatic heterocycles. The van der Waals surface area contributed by atoms with Crippen LogP contribution in [0, 0.1) is 11.5 Å². The molecule has 0 bridgehead atoms. The molecular formula is C33H42O3Si. The highest BCUT2D eigenvalue weighted by molar-refractivity contribution is 6.83. The molecule has 0 aliphatic carbocycles. The second-order valence-electron chi connectivity index (χ2n) is 11.0. The lowest BCUT2D eigenvalue weighted by Gasteiger charge is -2.20. The normalized spacial score (nSPS) is 11.7. The standard InChI is InChI=1S/C33H42O3Si/c1-7-10-18-34-29-22-24(17-21-37(4,5)6)25-13-14-27-30(35-19-11-8-2)23-31(36-20-12-9-3)28-16-15-26(29)32(25)33(27)28/h13-16,22-23H,7-12,18-20H2,1-6H3. The summed E-state index contributed by atoms with van der Waals surface area (Å²) in [6, 6.07) is 13.1. The van der Waals surface area contributed by atoms with Crippen LogP contribution in [0.5, 0.6) is 17.2 Å². The smallest absolute Gasteiger partial charge is 0.130 e. The summed E-state index contributed by atoms with van der Waals surface area (Å²) >= 11 is 0. The highest BCUT2D eigenvalue weighted by Gasteiger charge is 2.20. The molecule has 0 saturated heterocycles. The zero-order chi connectivity index (χ0) is 26.4. The first-order valence-corrected chi connectivity index (χ1v) is 17.6. The van der Waals surface area contributed by atoms with Crippen LogP contribution in [0.4, 0.5) is 0 Å². The van der Waals surface area contributed by atoms with E-state index >= 15 is 0 Å². The minimum Gasteiger partial charge on any atom is -0.493 e. The van der Waals surface area contributed by atoms with Crippen LogP contribution >= 0.6 is 0 Å². The Balaban J connectivity index is 2.02. The summed E-state index contributed by atoms with van der Waals surface area (Å²) in [5, 5.41) is 6.95. The van der Waals surface area contributed by atoms with Gasteiger partial charge in [-0.05, 0) is 48.9 Å². The first-order chi connectivity index (χ1) is 17.9. The Morgan fingerprint density at radius 2 is 1.00 bits per heavy atom. The molecule has 0 spiro atoms. The number of hydrogen-bond donors (Lipinski definition) is 0. The van der Waals surface area contributed by atoms with Gasteiger partial charge < -0.3 is 14.2 Å². The maximum Gasteiger partial charge on any atom is 0.130 e. The van der Waals surface area contributed by atoms with Crippen LogP contribution in [0.2, 0.25) is 19.6 Å². The molecule has 0 aliphatic rings. The largest absolute Gasteiger partial charge is 0.493 e. The number of rotatable bonds is 12. The van der Waals surface area contributed by atoms with E-state index in [9.17, 15) is 0 Å². The van der Waals surface area contributed by atoms with Crippen LogP contribution < -0.4 is 14.2 Å². The van der Waals surface area contributed by atoms with Crippen LogP contribution in [-0.2, 0) is 0 Å². The minimum atomic E-state index is -1.55. The topological polar surface area (TPSA) is 27.7 Å². The SMILES string of the molecule is CCCCOc1cc(C#C[Si](C)(C)C)c2ccc3c(OCCCC)cc(OCCCC)c4ccc1c2c34. The van der Waals surface area contributed by atoms with Crippen LogP contribution in [0.15, 0.2) is 36.4 Å². The van der Waals surface area contributed by atoms with Gasteiger partial charge in [0.15, 0.2) is 0 Å². The molecule has 4 rings (SSSR count). The number of hydrogen-bond acceptors (Lipinski definition) is 3. The van der Waals surface area contributed by atoms with Crippen molar-refractivity contribution in [1.82, 2.24) is 0 Å². The number of unbranched alkanes of at least 4 members (excludes halogenated alkanes) is 3. The first-order valence-electron chi connectivity index (χ1n) is 14.1. The Morgan fingerprint density at radius 3 is 1.43 bits per heavy atom. The van der Waals surface area contributed by atoms with Gasteiger partial charge in [-0.1, -0.05) is 71.7 Å². The molecule has 0 saturated carbocycles. The quantitative estimate of drug-likeness (QED) is 0.0815. The van der Waals surface area contributed by atoms with Gasteiger partial charge in [0.25, 0.3) is 0 Å². The monoisotopic (exact) mass is 514 g/mol. The van der Waals surface area contributed by atoms with E-state index in [1.165, 1.54) is 16.2 Å². The van der Waals surface area contributed by atoms with E-state index in [-0.39, 0.29) is 0 Å². The van der Waals surface area contributed by atoms with Gasteiger partial charge >= 0.3 is 0 Å². The fraction of sp³-hybridized carbons (Fsp3) is 0.455. The van der Waals surface area contributed by atoms with Crippen molar-refractivity contribution in [1.29, 1.82) is 0 Å². The summed E-state index contributed by atoms with van der Waals surface area (Å²) in [5.41, 5.74) is 4.63. The van der Waals surface area contributed by atoms with E-state index in [0.717, 1.165) is 77.5 Å². The van der Waals surface area contributed by atoms with Gasteiger partial charge in [-0.15, -0.1) is 5.54 Å². The predicted octanol–water partition coefficient (Wildman–Crippen LogP) is 9.35. The van der Waals surface area contributed by atoms with Gasteiger partial charge in [0.2, 0.25) is 0 Å². The van der Waals surface area contributed by atoms with Crippen LogP contribution in [0.1, 0.15) is 64.9 Å². The van der Waals surface area contributed by atoms with E-state index in [1.807, 2.05) is 0 Å². The fourth-order valence-electron chi connectivity index (χ4n) is 4.59. The molecule has 0 aromatic heterocycles. The molecular weight excluding hydrogens is 472 g/mol. The molecule has 37 heavy (non-hydrogen) atoms. The Kier molecular flexibility index (Phi) is 8.87. The van der Waals surface area contributed by atoms with E-state index in [4.69, 9.17) is 14.2 Å². The van der Waals surface area contributed by atoms with Gasteiger partial charge in [0.05, 0.1) is 19.8 Å². The van der Waals surface area contributed by atoms with Gasteiger partial charge in [-0.2, -0.15) is 0 Å². The molecule has 0 amide bonds. The molecule has 0 radical (unpaired) electrons. The van der Waals surface area contributed by atoms with Gasteiger partial charge in [-0.3, -0.25) is 0 Å². The van der Waals surface area contributed by atoms with E-state index < -0.39 is 8.07 Å². The third-order valence-electron chi connectivity index (χ3n) is 6.62. The first kappa shape index (κ1) is 27.1. The van der Waals surface area contributed by atoms with Gasteiger partial charge in [-0.25, -0.2) is 0 Å². The predicted molar refractivity (Wildman–Crippen MR) is 162 cm³/mol. The zero-order valence-electron chi connectivity index (χ0n) is 23.6. The van der Waals surface area contributed by atoms with Crippen molar-refractivity contribution in [3.05, 3.63) is 42.0 Å². The van der Waals surface area contributed by atoms with Crippen molar-refractivity contribution >= 4 is 40.4 Å². The Labute approximate surface area is 223 Å². The van der Waals surface area contributed by atoms with Crippen molar-refractivity contribution in [2.45, 2.75) is 78.9 Å². The number of benzene rings is 4. The maximum absolute atomic E-state index is 6.38. The lowest BCUT2D eigenvalue weighted by molar-refractivity contribution is 0.299. The van der Waals surface area contributed by atoms with E-state index in [1.54, 1.807) is 0 Å². The molecule has 196 valence electrons.